The van der Waals surface area contributed by atoms with E-state index in [1.165, 1.54) is 0 Å². The van der Waals surface area contributed by atoms with Gasteiger partial charge in [-0.25, -0.2) is 0 Å². The highest BCUT2D eigenvalue weighted by Gasteiger charge is 2.22. The van der Waals surface area contributed by atoms with E-state index >= 15 is 0 Å². The molecule has 1 amide bonds. The molecule has 1 heterocycles. The number of morpholine rings is 1. The number of carbonyl (C=O) groups is 1. The standard InChI is InChI=1S/C15H22N2O3/c1-2-13-11-17(7-9-20-13)15(18)6-8-19-14-5-3-4-12(16)10-14/h3-5,10,13H,2,6-9,11,16H2,1H3. The fourth-order valence-electron chi connectivity index (χ4n) is 2.21. The second-order valence-corrected chi connectivity index (χ2v) is 4.91. The van der Waals surface area contributed by atoms with Crippen LogP contribution in [0.5, 0.6) is 5.75 Å². The smallest absolute Gasteiger partial charge is 0.226 e. The first-order valence-electron chi connectivity index (χ1n) is 7.06. The molecule has 0 spiro atoms. The molecule has 1 aliphatic rings. The van der Waals surface area contributed by atoms with Crippen molar-refractivity contribution in [3.05, 3.63) is 24.3 Å². The Hall–Kier alpha value is -1.75. The lowest BCUT2D eigenvalue weighted by molar-refractivity contribution is -0.139. The number of nitrogen functional groups attached to an aromatic ring is 1. The molecule has 1 aromatic rings. The molecule has 2 N–H and O–H groups in total. The molecular weight excluding hydrogens is 256 g/mol. The summed E-state index contributed by atoms with van der Waals surface area (Å²) in [5.41, 5.74) is 6.33. The van der Waals surface area contributed by atoms with Gasteiger partial charge in [0.2, 0.25) is 5.91 Å². The van der Waals surface area contributed by atoms with Crippen LogP contribution in [0.1, 0.15) is 19.8 Å². The summed E-state index contributed by atoms with van der Waals surface area (Å²) in [6.07, 6.45) is 1.48. The van der Waals surface area contributed by atoms with E-state index in [9.17, 15) is 4.79 Å². The Bertz CT molecular complexity index is 450. The third kappa shape index (κ3) is 4.13. The highest BCUT2D eigenvalue weighted by molar-refractivity contribution is 5.76. The Morgan fingerprint density at radius 3 is 3.15 bits per heavy atom. The van der Waals surface area contributed by atoms with E-state index in [4.69, 9.17) is 15.2 Å². The zero-order chi connectivity index (χ0) is 14.4. The van der Waals surface area contributed by atoms with Gasteiger partial charge in [0.05, 0.1) is 25.7 Å². The first-order valence-corrected chi connectivity index (χ1v) is 7.06. The van der Waals surface area contributed by atoms with Gasteiger partial charge < -0.3 is 20.1 Å². The molecule has 1 saturated heterocycles. The van der Waals surface area contributed by atoms with E-state index in [2.05, 4.69) is 6.92 Å². The lowest BCUT2D eigenvalue weighted by Crippen LogP contribution is -2.45. The predicted octanol–water partition coefficient (Wildman–Crippen LogP) is 1.68. The zero-order valence-electron chi connectivity index (χ0n) is 11.9. The Labute approximate surface area is 119 Å². The predicted molar refractivity (Wildman–Crippen MR) is 77.6 cm³/mol. The summed E-state index contributed by atoms with van der Waals surface area (Å²) >= 11 is 0. The fourth-order valence-corrected chi connectivity index (χ4v) is 2.21. The lowest BCUT2D eigenvalue weighted by atomic mass is 10.2. The van der Waals surface area contributed by atoms with Crippen LogP contribution in [0, 0.1) is 0 Å². The van der Waals surface area contributed by atoms with Crippen molar-refractivity contribution < 1.29 is 14.3 Å². The molecule has 0 radical (unpaired) electrons. The van der Waals surface area contributed by atoms with Crippen molar-refractivity contribution in [2.45, 2.75) is 25.9 Å². The molecule has 2 rings (SSSR count). The van der Waals surface area contributed by atoms with E-state index in [-0.39, 0.29) is 12.0 Å². The monoisotopic (exact) mass is 278 g/mol. The maximum Gasteiger partial charge on any atom is 0.226 e. The van der Waals surface area contributed by atoms with Gasteiger partial charge in [-0.05, 0) is 18.6 Å². The summed E-state index contributed by atoms with van der Waals surface area (Å²) in [6.45, 7) is 4.43. The first kappa shape index (κ1) is 14.7. The summed E-state index contributed by atoms with van der Waals surface area (Å²) in [5.74, 6) is 0.821. The van der Waals surface area contributed by atoms with Gasteiger partial charge in [-0.2, -0.15) is 0 Å². The van der Waals surface area contributed by atoms with Crippen LogP contribution < -0.4 is 10.5 Å². The molecule has 1 aliphatic heterocycles. The highest BCUT2D eigenvalue weighted by atomic mass is 16.5. The second kappa shape index (κ2) is 7.14. The number of rotatable bonds is 5. The summed E-state index contributed by atoms with van der Waals surface area (Å²) in [6, 6.07) is 7.23. The maximum atomic E-state index is 12.1. The van der Waals surface area contributed by atoms with Crippen LogP contribution in [0.4, 0.5) is 5.69 Å². The van der Waals surface area contributed by atoms with Crippen LogP contribution in [0.3, 0.4) is 0 Å². The average molecular weight is 278 g/mol. The lowest BCUT2D eigenvalue weighted by Gasteiger charge is -2.32. The molecular formula is C15H22N2O3. The SMILES string of the molecule is CCC1CN(C(=O)CCOc2cccc(N)c2)CCO1. The molecule has 5 heteroatoms. The molecule has 5 nitrogen and oxygen atoms in total. The molecule has 1 fully saturated rings. The molecule has 1 atom stereocenters. The van der Waals surface area contributed by atoms with Crippen molar-refractivity contribution in [3.8, 4) is 5.75 Å². The minimum Gasteiger partial charge on any atom is -0.493 e. The van der Waals surface area contributed by atoms with Crippen LogP contribution in [0.25, 0.3) is 0 Å². The van der Waals surface area contributed by atoms with Crippen molar-refractivity contribution in [2.24, 2.45) is 0 Å². The minimum absolute atomic E-state index is 0.121. The molecule has 20 heavy (non-hydrogen) atoms. The van der Waals surface area contributed by atoms with Crippen LogP contribution in [-0.4, -0.2) is 43.2 Å². The van der Waals surface area contributed by atoms with Crippen LogP contribution in [-0.2, 0) is 9.53 Å². The van der Waals surface area contributed by atoms with Gasteiger partial charge in [-0.1, -0.05) is 13.0 Å². The number of carbonyl (C=O) groups excluding carboxylic acids is 1. The number of hydrogen-bond acceptors (Lipinski definition) is 4. The largest absolute Gasteiger partial charge is 0.493 e. The van der Waals surface area contributed by atoms with Crippen molar-refractivity contribution >= 4 is 11.6 Å². The van der Waals surface area contributed by atoms with Gasteiger partial charge in [-0.15, -0.1) is 0 Å². The van der Waals surface area contributed by atoms with Crippen molar-refractivity contribution in [1.29, 1.82) is 0 Å². The Morgan fingerprint density at radius 2 is 2.40 bits per heavy atom. The van der Waals surface area contributed by atoms with E-state index in [1.54, 1.807) is 12.1 Å². The summed E-state index contributed by atoms with van der Waals surface area (Å²) < 4.78 is 11.1. The summed E-state index contributed by atoms with van der Waals surface area (Å²) in [5, 5.41) is 0. The molecule has 1 aromatic carbocycles. The molecule has 110 valence electrons. The quantitative estimate of drug-likeness (QED) is 0.832. The number of nitrogens with two attached hydrogens (primary N) is 1. The van der Waals surface area contributed by atoms with Gasteiger partial charge >= 0.3 is 0 Å². The number of hydrogen-bond donors (Lipinski definition) is 1. The summed E-state index contributed by atoms with van der Waals surface area (Å²) in [4.78, 5) is 13.9. The van der Waals surface area contributed by atoms with Crippen molar-refractivity contribution in [3.63, 3.8) is 0 Å². The molecule has 0 aliphatic carbocycles. The number of anilines is 1. The minimum atomic E-state index is 0.121. The highest BCUT2D eigenvalue weighted by Crippen LogP contribution is 2.15. The molecule has 0 saturated carbocycles. The molecule has 0 aromatic heterocycles. The van der Waals surface area contributed by atoms with Gasteiger partial charge in [0.25, 0.3) is 0 Å². The molecule has 1 unspecified atom stereocenters. The Balaban J connectivity index is 1.75. The van der Waals surface area contributed by atoms with E-state index in [0.29, 0.717) is 44.2 Å². The van der Waals surface area contributed by atoms with Crippen LogP contribution in [0.15, 0.2) is 24.3 Å². The number of nitrogens with zero attached hydrogens (tertiary/aromatic N) is 1. The second-order valence-electron chi connectivity index (χ2n) is 4.91. The number of benzene rings is 1. The van der Waals surface area contributed by atoms with Gasteiger partial charge in [0.1, 0.15) is 5.75 Å². The number of ether oxygens (including phenoxy) is 2. The van der Waals surface area contributed by atoms with Crippen molar-refractivity contribution in [1.82, 2.24) is 4.90 Å². The Kier molecular flexibility index (Phi) is 5.24. The van der Waals surface area contributed by atoms with Gasteiger partial charge in [0.15, 0.2) is 0 Å². The normalized spacial score (nSPS) is 18.9. The van der Waals surface area contributed by atoms with Crippen LogP contribution in [0.2, 0.25) is 0 Å². The summed E-state index contributed by atoms with van der Waals surface area (Å²) in [7, 11) is 0. The van der Waals surface area contributed by atoms with Crippen LogP contribution >= 0.6 is 0 Å². The van der Waals surface area contributed by atoms with E-state index in [0.717, 1.165) is 6.42 Å². The average Bonchev–Trinajstić information content (AvgIpc) is 2.47. The third-order valence-electron chi connectivity index (χ3n) is 3.39. The fraction of sp³-hybridized carbons (Fsp3) is 0.533. The molecule has 0 bridgehead atoms. The number of amides is 1. The van der Waals surface area contributed by atoms with Gasteiger partial charge in [0, 0.05) is 24.8 Å². The van der Waals surface area contributed by atoms with Crippen molar-refractivity contribution in [2.75, 3.05) is 32.0 Å². The topological polar surface area (TPSA) is 64.8 Å². The first-order chi connectivity index (χ1) is 9.69. The van der Waals surface area contributed by atoms with E-state index in [1.807, 2.05) is 17.0 Å². The Morgan fingerprint density at radius 1 is 1.55 bits per heavy atom. The maximum absolute atomic E-state index is 12.1. The van der Waals surface area contributed by atoms with E-state index < -0.39 is 0 Å². The third-order valence-corrected chi connectivity index (χ3v) is 3.39. The van der Waals surface area contributed by atoms with Gasteiger partial charge in [-0.3, -0.25) is 4.79 Å². The zero-order valence-corrected chi connectivity index (χ0v) is 11.9.